The molecule has 2 saturated heterocycles. The Hall–Kier alpha value is -2.27. The Balaban J connectivity index is 1.34. The summed E-state index contributed by atoms with van der Waals surface area (Å²) < 4.78 is 31.2. The molecule has 0 bridgehead atoms. The monoisotopic (exact) mass is 550 g/mol. The fourth-order valence-electron chi connectivity index (χ4n) is 4.71. The maximum atomic E-state index is 12.9. The Kier molecular flexibility index (Phi) is 8.49. The Labute approximate surface area is 221 Å². The summed E-state index contributed by atoms with van der Waals surface area (Å²) in [5, 5.41) is 3.37. The van der Waals surface area contributed by atoms with Crippen molar-refractivity contribution in [3.8, 4) is 0 Å². The van der Waals surface area contributed by atoms with Crippen molar-refractivity contribution in [2.45, 2.75) is 29.4 Å². The second-order valence-electron chi connectivity index (χ2n) is 8.92. The number of nitrogens with zero attached hydrogens (tertiary/aromatic N) is 3. The number of piperidine rings is 1. The first-order valence-corrected chi connectivity index (χ1v) is 14.7. The summed E-state index contributed by atoms with van der Waals surface area (Å²) in [6.07, 6.45) is 3.33. The number of carbonyl (C=O) groups is 1. The van der Waals surface area contributed by atoms with E-state index >= 15 is 0 Å². The fourth-order valence-corrected chi connectivity index (χ4v) is 7.55. The van der Waals surface area contributed by atoms with Crippen molar-refractivity contribution in [3.05, 3.63) is 53.4 Å². The predicted molar refractivity (Wildman–Crippen MR) is 146 cm³/mol. The Morgan fingerprint density at radius 2 is 1.92 bits per heavy atom. The van der Waals surface area contributed by atoms with E-state index in [2.05, 4.69) is 4.99 Å². The van der Waals surface area contributed by atoms with E-state index in [1.54, 1.807) is 66.4 Å². The number of rotatable bonds is 7. The van der Waals surface area contributed by atoms with E-state index in [1.807, 2.05) is 11.9 Å². The van der Waals surface area contributed by atoms with Gasteiger partial charge in [-0.2, -0.15) is 0 Å². The minimum atomic E-state index is -3.58. The molecule has 194 valence electrons. The summed E-state index contributed by atoms with van der Waals surface area (Å²) in [6.45, 7) is 1.31. The molecule has 2 aromatic carbocycles. The van der Waals surface area contributed by atoms with Crippen LogP contribution in [0.15, 0.2) is 58.2 Å². The highest BCUT2D eigenvalue weighted by molar-refractivity contribution is 8.14. The molecule has 36 heavy (non-hydrogen) atoms. The molecule has 4 rings (SSSR count). The van der Waals surface area contributed by atoms with Gasteiger partial charge in [0.05, 0.1) is 21.6 Å². The maximum absolute atomic E-state index is 12.9. The molecule has 2 aliphatic rings. The van der Waals surface area contributed by atoms with Crippen LogP contribution >= 0.6 is 23.4 Å². The zero-order chi connectivity index (χ0) is 25.9. The number of thioether (sulfide) groups is 1. The lowest BCUT2D eigenvalue weighted by molar-refractivity contribution is -0.132. The van der Waals surface area contributed by atoms with Crippen LogP contribution in [-0.4, -0.2) is 74.2 Å². The maximum Gasteiger partial charge on any atom is 0.223 e. The highest BCUT2D eigenvalue weighted by atomic mass is 35.5. The first-order chi connectivity index (χ1) is 17.2. The second kappa shape index (κ2) is 11.4. The number of carbonyl (C=O) groups excluding carboxylic acids is 1. The summed E-state index contributed by atoms with van der Waals surface area (Å²) in [5.74, 6) is 0.00959. The summed E-state index contributed by atoms with van der Waals surface area (Å²) in [5.41, 5.74) is 6.53. The minimum Gasteiger partial charge on any atom is -0.484 e. The number of aliphatic imine (C=N–C) groups is 1. The molecule has 0 aliphatic carbocycles. The average Bonchev–Trinajstić information content (AvgIpc) is 3.20. The number of amidine groups is 1. The molecule has 1 amide bonds. The predicted octanol–water partition coefficient (Wildman–Crippen LogP) is 3.70. The molecule has 8 nitrogen and oxygen atoms in total. The molecular formula is C25H31ClN4O4S2. The number of likely N-dealkylation sites (tertiary alicyclic amines) is 1. The third-order valence-corrected chi connectivity index (χ3v) is 10.2. The lowest BCUT2D eigenvalue weighted by atomic mass is 9.91. The van der Waals surface area contributed by atoms with E-state index in [0.717, 1.165) is 34.5 Å². The van der Waals surface area contributed by atoms with Gasteiger partial charge in [0.15, 0.2) is 15.0 Å². The Morgan fingerprint density at radius 1 is 1.22 bits per heavy atom. The molecular weight excluding hydrogens is 520 g/mol. The van der Waals surface area contributed by atoms with Gasteiger partial charge >= 0.3 is 0 Å². The van der Waals surface area contributed by atoms with E-state index in [-0.39, 0.29) is 35.0 Å². The van der Waals surface area contributed by atoms with Crippen LogP contribution in [0, 0.1) is 5.92 Å². The number of benzene rings is 2. The van der Waals surface area contributed by atoms with Crippen molar-refractivity contribution >= 4 is 55.0 Å². The summed E-state index contributed by atoms with van der Waals surface area (Å²) in [7, 11) is 0.148. The molecule has 2 fully saturated rings. The van der Waals surface area contributed by atoms with Gasteiger partial charge in [-0.05, 0) is 53.8 Å². The zero-order valence-electron chi connectivity index (χ0n) is 20.4. The minimum absolute atomic E-state index is 0.0330. The van der Waals surface area contributed by atoms with Crippen molar-refractivity contribution < 1.29 is 17.9 Å². The number of amides is 1. The van der Waals surface area contributed by atoms with Crippen molar-refractivity contribution in [2.24, 2.45) is 16.6 Å². The second-order valence-corrected chi connectivity index (χ2v) is 12.6. The van der Waals surface area contributed by atoms with E-state index in [1.165, 1.54) is 0 Å². The van der Waals surface area contributed by atoms with Crippen molar-refractivity contribution in [1.29, 1.82) is 0 Å². The van der Waals surface area contributed by atoms with Crippen molar-refractivity contribution in [1.82, 2.24) is 9.80 Å². The van der Waals surface area contributed by atoms with Gasteiger partial charge in [0.1, 0.15) is 13.0 Å². The van der Waals surface area contributed by atoms with E-state index in [4.69, 9.17) is 22.1 Å². The highest BCUT2D eigenvalue weighted by Gasteiger charge is 2.39. The quantitative estimate of drug-likeness (QED) is 0.414. The standard InChI is InChI=1S/C25H31ClN4O4S2/c1-28-25-29(2)22(15-34-16-27)24(35-25)17-7-10-30(11-8-17)23(31)9-12-36(32,33)21-6-4-18-13-20(26)5-3-19(18)14-21/h3-6,13-15,17,24H,7-12,16,27H2,1-2H3/b22-15-,28-25?. The van der Waals surface area contributed by atoms with Gasteiger partial charge in [0.25, 0.3) is 0 Å². The van der Waals surface area contributed by atoms with E-state index in [9.17, 15) is 13.2 Å². The van der Waals surface area contributed by atoms with Crippen LogP contribution < -0.4 is 5.73 Å². The highest BCUT2D eigenvalue weighted by Crippen LogP contribution is 2.41. The number of hydrogen-bond acceptors (Lipinski definition) is 7. The van der Waals surface area contributed by atoms with Crippen LogP contribution in [0.2, 0.25) is 5.02 Å². The molecule has 1 atom stereocenters. The van der Waals surface area contributed by atoms with Crippen LogP contribution in [0.3, 0.4) is 0 Å². The van der Waals surface area contributed by atoms with Crippen molar-refractivity contribution in [3.63, 3.8) is 0 Å². The largest absolute Gasteiger partial charge is 0.484 e. The topological polar surface area (TPSA) is 105 Å². The third-order valence-electron chi connectivity index (χ3n) is 6.73. The van der Waals surface area contributed by atoms with Crippen LogP contribution in [0.4, 0.5) is 0 Å². The molecule has 2 N–H and O–H groups in total. The molecule has 1 unspecified atom stereocenters. The van der Waals surface area contributed by atoms with E-state index in [0.29, 0.717) is 24.0 Å². The zero-order valence-corrected chi connectivity index (χ0v) is 22.8. The number of ether oxygens (including phenoxy) is 1. The molecule has 11 heteroatoms. The first-order valence-electron chi connectivity index (χ1n) is 11.8. The molecule has 2 heterocycles. The van der Waals surface area contributed by atoms with Crippen LogP contribution in [0.1, 0.15) is 19.3 Å². The molecule has 2 aliphatic heterocycles. The summed E-state index contributed by atoms with van der Waals surface area (Å²) in [4.78, 5) is 21.3. The Bertz CT molecular complexity index is 1290. The van der Waals surface area contributed by atoms with Crippen molar-refractivity contribution in [2.75, 3.05) is 39.7 Å². The van der Waals surface area contributed by atoms with Crippen LogP contribution in [-0.2, 0) is 19.4 Å². The summed E-state index contributed by atoms with van der Waals surface area (Å²) >= 11 is 7.72. The van der Waals surface area contributed by atoms with Gasteiger partial charge in [-0.25, -0.2) is 8.42 Å². The lowest BCUT2D eigenvalue weighted by Gasteiger charge is -2.34. The number of halogens is 1. The van der Waals surface area contributed by atoms with Gasteiger partial charge in [-0.15, -0.1) is 0 Å². The third kappa shape index (κ3) is 5.82. The first kappa shape index (κ1) is 26.8. The number of hydrogen-bond donors (Lipinski definition) is 1. The Morgan fingerprint density at radius 3 is 2.61 bits per heavy atom. The number of sulfone groups is 1. The lowest BCUT2D eigenvalue weighted by Crippen LogP contribution is -2.41. The van der Waals surface area contributed by atoms with Gasteiger partial charge < -0.3 is 14.5 Å². The van der Waals surface area contributed by atoms with Crippen LogP contribution in [0.5, 0.6) is 0 Å². The number of fused-ring (bicyclic) bond motifs is 1. The number of nitrogens with two attached hydrogens (primary N) is 1. The molecule has 0 saturated carbocycles. The molecule has 0 spiro atoms. The molecule has 0 radical (unpaired) electrons. The van der Waals surface area contributed by atoms with Crippen LogP contribution in [0.25, 0.3) is 10.8 Å². The average molecular weight is 551 g/mol. The molecule has 0 aromatic heterocycles. The SMILES string of the molecule is CN=C1SC(C2CCN(C(=O)CCS(=O)(=O)c3ccc4cc(Cl)ccc4c3)CC2)/C(=C/OCN)N1C. The van der Waals surface area contributed by atoms with Gasteiger partial charge in [0.2, 0.25) is 5.91 Å². The van der Waals surface area contributed by atoms with Gasteiger partial charge in [-0.1, -0.05) is 35.5 Å². The fraction of sp³-hybridized carbons (Fsp3) is 0.440. The van der Waals surface area contributed by atoms with Gasteiger partial charge in [-0.3, -0.25) is 15.5 Å². The molecule has 2 aromatic rings. The van der Waals surface area contributed by atoms with E-state index < -0.39 is 9.84 Å². The summed E-state index contributed by atoms with van der Waals surface area (Å²) in [6, 6.07) is 10.3. The smallest absolute Gasteiger partial charge is 0.223 e. The normalized spacial score (nSPS) is 21.6. The van der Waals surface area contributed by atoms with Gasteiger partial charge in [0, 0.05) is 38.6 Å².